The Balaban J connectivity index is 3.85. The molecule has 0 aliphatic carbocycles. The number of allylic oxidation sites excluding steroid dienone is 1. The number of aromatic nitrogens is 1. The number of rotatable bonds is 2. The highest BCUT2D eigenvalue weighted by molar-refractivity contribution is 14.1. The van der Waals surface area contributed by atoms with Crippen molar-refractivity contribution >= 4 is 47.2 Å². The quantitative estimate of drug-likeness (QED) is 0.740. The van der Waals surface area contributed by atoms with Gasteiger partial charge in [0.2, 0.25) is 0 Å². The predicted octanol–water partition coefficient (Wildman–Crippen LogP) is 2.96. The highest BCUT2D eigenvalue weighted by Gasteiger charge is 2.06. The number of nitrogens with zero attached hydrogens (tertiary/aromatic N) is 1. The average molecular weight is 313 g/mol. The van der Waals surface area contributed by atoms with Crippen molar-refractivity contribution < 1.29 is 0 Å². The zero-order chi connectivity index (χ0) is 11.4. The maximum atomic E-state index is 3.87. The summed E-state index contributed by atoms with van der Waals surface area (Å²) in [5.41, 5.74) is 2.41. The van der Waals surface area contributed by atoms with E-state index in [-0.39, 0.29) is 0 Å². The molecular weight excluding hydrogens is 297 g/mol. The van der Waals surface area contributed by atoms with Crippen LogP contribution >= 0.6 is 22.9 Å². The van der Waals surface area contributed by atoms with Crippen molar-refractivity contribution in [2.75, 3.05) is 0 Å². The fourth-order valence-electron chi connectivity index (χ4n) is 1.72. The van der Waals surface area contributed by atoms with E-state index in [1.165, 1.54) is 16.1 Å². The molecule has 0 amide bonds. The van der Waals surface area contributed by atoms with Crippen molar-refractivity contribution in [3.63, 3.8) is 0 Å². The molecule has 0 unspecified atom stereocenters. The summed E-state index contributed by atoms with van der Waals surface area (Å²) in [4.78, 5) is 0. The van der Waals surface area contributed by atoms with E-state index in [1.54, 1.807) is 0 Å². The SMILES string of the molecule is C=Cc1c(/C=C\C)c(=C/C)/c(=C\C)n1I. The first kappa shape index (κ1) is 12.3. The number of hydrogen-bond donors (Lipinski definition) is 0. The zero-order valence-corrected chi connectivity index (χ0v) is 11.6. The molecule has 0 fully saturated rings. The molecule has 1 aromatic heterocycles. The van der Waals surface area contributed by atoms with Crippen molar-refractivity contribution in [1.29, 1.82) is 0 Å². The summed E-state index contributed by atoms with van der Waals surface area (Å²) in [6, 6.07) is 0. The molecule has 0 bridgehead atoms. The van der Waals surface area contributed by atoms with Crippen molar-refractivity contribution in [2.45, 2.75) is 20.8 Å². The molecule has 0 spiro atoms. The average Bonchev–Trinajstić information content (AvgIpc) is 2.50. The minimum atomic E-state index is 1.16. The van der Waals surface area contributed by atoms with Gasteiger partial charge in [-0.05, 0) is 26.8 Å². The highest BCUT2D eigenvalue weighted by Crippen LogP contribution is 2.09. The van der Waals surface area contributed by atoms with Crippen LogP contribution < -0.4 is 10.6 Å². The molecular formula is C13H16IN. The molecule has 0 aliphatic rings. The standard InChI is InChI=1S/C13H16IN/c1-5-9-11-10(6-2)12(7-3)15(14)13(11)8-4/h5-9H,4H2,1-3H3/b9-5-,10-6-,12-7+. The van der Waals surface area contributed by atoms with Crippen molar-refractivity contribution in [2.24, 2.45) is 0 Å². The second-order valence-electron chi connectivity index (χ2n) is 3.16. The Morgan fingerprint density at radius 1 is 1.20 bits per heavy atom. The van der Waals surface area contributed by atoms with E-state index in [1.807, 2.05) is 13.0 Å². The van der Waals surface area contributed by atoms with Gasteiger partial charge in [-0.2, -0.15) is 0 Å². The third-order valence-electron chi connectivity index (χ3n) is 2.35. The molecule has 2 heteroatoms. The number of halogens is 1. The summed E-state index contributed by atoms with van der Waals surface area (Å²) in [5, 5.41) is 2.51. The topological polar surface area (TPSA) is 4.93 Å². The fourth-order valence-corrected chi connectivity index (χ4v) is 2.72. The van der Waals surface area contributed by atoms with Crippen molar-refractivity contribution in [1.82, 2.24) is 2.78 Å². The van der Waals surface area contributed by atoms with E-state index in [0.29, 0.717) is 0 Å². The van der Waals surface area contributed by atoms with Crippen LogP contribution in [0.3, 0.4) is 0 Å². The lowest BCUT2D eigenvalue weighted by Crippen LogP contribution is -2.25. The Morgan fingerprint density at radius 2 is 1.87 bits per heavy atom. The Hall–Kier alpha value is -0.770. The fraction of sp³-hybridized carbons (Fsp3) is 0.231. The van der Waals surface area contributed by atoms with Crippen LogP contribution in [0.15, 0.2) is 12.7 Å². The predicted molar refractivity (Wildman–Crippen MR) is 78.2 cm³/mol. The van der Waals surface area contributed by atoms with Gasteiger partial charge >= 0.3 is 0 Å². The van der Waals surface area contributed by atoms with E-state index in [2.05, 4.69) is 70.4 Å². The normalized spacial score (nSPS) is 14.1. The summed E-state index contributed by atoms with van der Waals surface area (Å²) in [5.74, 6) is 0. The minimum absolute atomic E-state index is 1.16. The summed E-state index contributed by atoms with van der Waals surface area (Å²) >= 11 is 2.31. The highest BCUT2D eigenvalue weighted by atomic mass is 127. The summed E-state index contributed by atoms with van der Waals surface area (Å²) in [6.07, 6.45) is 10.4. The van der Waals surface area contributed by atoms with Gasteiger partial charge in [-0.15, -0.1) is 0 Å². The van der Waals surface area contributed by atoms with Gasteiger partial charge in [-0.25, -0.2) is 0 Å². The summed E-state index contributed by atoms with van der Waals surface area (Å²) < 4.78 is 2.15. The van der Waals surface area contributed by atoms with E-state index in [9.17, 15) is 0 Å². The van der Waals surface area contributed by atoms with Gasteiger partial charge < -0.3 is 0 Å². The molecule has 1 rings (SSSR count). The van der Waals surface area contributed by atoms with Crippen LogP contribution in [0.4, 0.5) is 0 Å². The molecule has 0 radical (unpaired) electrons. The molecule has 0 saturated heterocycles. The van der Waals surface area contributed by atoms with Crippen LogP contribution in [0.2, 0.25) is 0 Å². The number of hydrogen-bond acceptors (Lipinski definition) is 0. The molecule has 1 heterocycles. The molecule has 15 heavy (non-hydrogen) atoms. The third kappa shape index (κ3) is 2.09. The Morgan fingerprint density at radius 3 is 2.27 bits per heavy atom. The maximum Gasteiger partial charge on any atom is 0.0646 e. The van der Waals surface area contributed by atoms with E-state index < -0.39 is 0 Å². The molecule has 80 valence electrons. The van der Waals surface area contributed by atoms with Gasteiger partial charge in [0.25, 0.3) is 0 Å². The van der Waals surface area contributed by atoms with Gasteiger partial charge in [0.05, 0.1) is 33.9 Å². The minimum Gasteiger partial charge on any atom is -0.282 e. The molecule has 0 saturated carbocycles. The second kappa shape index (κ2) is 5.35. The van der Waals surface area contributed by atoms with Crippen molar-refractivity contribution in [3.05, 3.63) is 34.5 Å². The van der Waals surface area contributed by atoms with Gasteiger partial charge in [0.15, 0.2) is 0 Å². The van der Waals surface area contributed by atoms with E-state index in [4.69, 9.17) is 0 Å². The first-order valence-electron chi connectivity index (χ1n) is 4.99. The van der Waals surface area contributed by atoms with E-state index >= 15 is 0 Å². The Bertz CT molecular complexity index is 504. The van der Waals surface area contributed by atoms with Crippen LogP contribution in [0.5, 0.6) is 0 Å². The van der Waals surface area contributed by atoms with Gasteiger partial charge in [-0.1, -0.05) is 30.9 Å². The lowest BCUT2D eigenvalue weighted by molar-refractivity contribution is 1.24. The first-order chi connectivity index (χ1) is 7.21. The Kier molecular flexibility index (Phi) is 4.39. The van der Waals surface area contributed by atoms with Crippen molar-refractivity contribution in [3.8, 4) is 0 Å². The first-order valence-corrected chi connectivity index (χ1v) is 5.96. The zero-order valence-electron chi connectivity index (χ0n) is 9.42. The third-order valence-corrected chi connectivity index (χ3v) is 3.39. The summed E-state index contributed by atoms with van der Waals surface area (Å²) in [6.45, 7) is 10.0. The van der Waals surface area contributed by atoms with Crippen LogP contribution in [0.25, 0.3) is 24.3 Å². The van der Waals surface area contributed by atoms with Crippen LogP contribution in [0, 0.1) is 0 Å². The molecule has 0 aromatic carbocycles. The Labute approximate surface area is 105 Å². The van der Waals surface area contributed by atoms with Crippen LogP contribution in [-0.4, -0.2) is 2.78 Å². The smallest absolute Gasteiger partial charge is 0.0646 e. The van der Waals surface area contributed by atoms with Crippen LogP contribution in [0.1, 0.15) is 32.0 Å². The van der Waals surface area contributed by atoms with E-state index in [0.717, 1.165) is 5.69 Å². The van der Waals surface area contributed by atoms with Gasteiger partial charge in [0.1, 0.15) is 0 Å². The summed E-state index contributed by atoms with van der Waals surface area (Å²) in [7, 11) is 0. The molecule has 1 aromatic rings. The molecule has 0 aliphatic heterocycles. The monoisotopic (exact) mass is 313 g/mol. The lowest BCUT2D eigenvalue weighted by Gasteiger charge is -1.95. The second-order valence-corrected chi connectivity index (χ2v) is 4.13. The van der Waals surface area contributed by atoms with Gasteiger partial charge in [0, 0.05) is 10.8 Å². The largest absolute Gasteiger partial charge is 0.282 e. The molecule has 0 atom stereocenters. The molecule has 1 nitrogen and oxygen atoms in total. The van der Waals surface area contributed by atoms with Crippen LogP contribution in [-0.2, 0) is 0 Å². The lowest BCUT2D eigenvalue weighted by atomic mass is 10.1. The maximum absolute atomic E-state index is 3.87. The van der Waals surface area contributed by atoms with Gasteiger partial charge in [-0.3, -0.25) is 2.78 Å². The molecule has 0 N–H and O–H groups in total.